The van der Waals surface area contributed by atoms with Crippen molar-refractivity contribution in [1.29, 1.82) is 0 Å². The topological polar surface area (TPSA) is 123 Å². The van der Waals surface area contributed by atoms with E-state index in [-0.39, 0.29) is 5.56 Å². The summed E-state index contributed by atoms with van der Waals surface area (Å²) >= 11 is 0. The summed E-state index contributed by atoms with van der Waals surface area (Å²) in [5.41, 5.74) is -1.51. The molecule has 0 bridgehead atoms. The van der Waals surface area contributed by atoms with Crippen molar-refractivity contribution in [3.05, 3.63) is 35.1 Å². The largest absolute Gasteiger partial charge is 0.468 e. The molecular weight excluding hydrogens is 468 g/mol. The second-order valence-corrected chi connectivity index (χ2v) is 9.88. The molecule has 1 aromatic carbocycles. The number of urea groups is 1. The predicted octanol–water partition coefficient (Wildman–Crippen LogP) is 2.89. The smallest absolute Gasteiger partial charge is 0.327 e. The summed E-state index contributed by atoms with van der Waals surface area (Å²) in [6.07, 6.45) is 3.19. The number of hydrogen-bond donors (Lipinski definition) is 0. The lowest BCUT2D eigenvalue weighted by Gasteiger charge is -2.30. The molecule has 36 heavy (non-hydrogen) atoms. The van der Waals surface area contributed by atoms with Crippen LogP contribution in [0.25, 0.3) is 11.0 Å². The second kappa shape index (κ2) is 9.07. The van der Waals surface area contributed by atoms with Gasteiger partial charge in [-0.15, -0.1) is 0 Å². The van der Waals surface area contributed by atoms with Gasteiger partial charge in [0.2, 0.25) is 0 Å². The summed E-state index contributed by atoms with van der Waals surface area (Å²) in [4.78, 5) is 67.4. The molecule has 10 nitrogen and oxygen atoms in total. The van der Waals surface area contributed by atoms with E-state index in [0.29, 0.717) is 5.58 Å². The van der Waals surface area contributed by atoms with E-state index < -0.39 is 53.6 Å². The van der Waals surface area contributed by atoms with Gasteiger partial charge in [0, 0.05) is 36.4 Å². The minimum absolute atomic E-state index is 0.224. The van der Waals surface area contributed by atoms with Gasteiger partial charge in [-0.25, -0.2) is 4.79 Å². The molecule has 3 amide bonds. The summed E-state index contributed by atoms with van der Waals surface area (Å²) < 4.78 is 15.8. The number of rotatable bonds is 7. The zero-order chi connectivity index (χ0) is 26.4. The maximum atomic E-state index is 13.5. The molecule has 0 unspecified atom stereocenters. The maximum Gasteiger partial charge on any atom is 0.327 e. The van der Waals surface area contributed by atoms with Gasteiger partial charge < -0.3 is 18.8 Å². The number of aryl methyl sites for hydroxylation is 2. The van der Waals surface area contributed by atoms with E-state index in [4.69, 9.17) is 13.9 Å². The number of imide groups is 1. The molecule has 1 fully saturated rings. The average molecular weight is 499 g/mol. The zero-order valence-corrected chi connectivity index (χ0v) is 21.1. The molecule has 0 saturated carbocycles. The van der Waals surface area contributed by atoms with Crippen LogP contribution in [0.2, 0.25) is 0 Å². The zero-order valence-electron chi connectivity index (χ0n) is 21.1. The van der Waals surface area contributed by atoms with Gasteiger partial charge in [-0.05, 0) is 39.2 Å². The van der Waals surface area contributed by atoms with Crippen molar-refractivity contribution in [2.24, 2.45) is 5.41 Å². The van der Waals surface area contributed by atoms with Gasteiger partial charge in [-0.1, -0.05) is 12.1 Å². The van der Waals surface area contributed by atoms with Crippen molar-refractivity contribution in [1.82, 2.24) is 9.80 Å². The van der Waals surface area contributed by atoms with Crippen LogP contribution < -0.4 is 0 Å². The number of carbonyl (C=O) groups excluding carboxylic acids is 5. The second-order valence-electron chi connectivity index (χ2n) is 9.88. The van der Waals surface area contributed by atoms with Gasteiger partial charge in [-0.2, -0.15) is 0 Å². The fraction of sp³-hybridized carbons (Fsp3) is 0.500. The SMILES string of the molecule is COC(=O)C(CC(=O)c1ccc2c3c(oc2c1)CCCC3)(CN1C(=O)N(C)C(C)(C)C1=O)C(=O)OC. The summed E-state index contributed by atoms with van der Waals surface area (Å²) in [5.74, 6) is -2.41. The number of nitrogens with zero attached hydrogens (tertiary/aromatic N) is 2. The van der Waals surface area contributed by atoms with Crippen LogP contribution in [0.3, 0.4) is 0 Å². The van der Waals surface area contributed by atoms with E-state index >= 15 is 0 Å². The van der Waals surface area contributed by atoms with Crippen molar-refractivity contribution in [3.8, 4) is 0 Å². The third-order valence-electron chi connectivity index (χ3n) is 7.45. The number of amides is 3. The fourth-order valence-electron chi connectivity index (χ4n) is 5.01. The number of furan rings is 1. The first-order valence-corrected chi connectivity index (χ1v) is 11.8. The van der Waals surface area contributed by atoms with Crippen molar-refractivity contribution in [2.75, 3.05) is 27.8 Å². The molecule has 0 N–H and O–H groups in total. The van der Waals surface area contributed by atoms with E-state index in [1.807, 2.05) is 0 Å². The summed E-state index contributed by atoms with van der Waals surface area (Å²) in [6.45, 7) is 2.41. The van der Waals surface area contributed by atoms with Gasteiger partial charge in [0.15, 0.2) is 11.2 Å². The number of esters is 2. The first-order chi connectivity index (χ1) is 17.0. The first-order valence-electron chi connectivity index (χ1n) is 11.8. The Morgan fingerprint density at radius 1 is 1.06 bits per heavy atom. The van der Waals surface area contributed by atoms with Gasteiger partial charge in [0.25, 0.3) is 5.91 Å². The lowest BCUT2D eigenvalue weighted by atomic mass is 9.80. The molecule has 2 aromatic rings. The molecule has 2 heterocycles. The van der Waals surface area contributed by atoms with Crippen LogP contribution in [-0.4, -0.2) is 72.8 Å². The molecule has 0 radical (unpaired) electrons. The normalized spacial score (nSPS) is 17.4. The average Bonchev–Trinajstić information content (AvgIpc) is 3.31. The molecule has 192 valence electrons. The highest BCUT2D eigenvalue weighted by Crippen LogP contribution is 2.36. The monoisotopic (exact) mass is 498 g/mol. The number of benzene rings is 1. The Hall–Kier alpha value is -3.69. The Kier molecular flexibility index (Phi) is 6.40. The highest BCUT2D eigenvalue weighted by atomic mass is 16.5. The van der Waals surface area contributed by atoms with Crippen LogP contribution in [0.4, 0.5) is 4.79 Å². The van der Waals surface area contributed by atoms with E-state index in [1.54, 1.807) is 32.0 Å². The van der Waals surface area contributed by atoms with E-state index in [2.05, 4.69) is 0 Å². The van der Waals surface area contributed by atoms with Crippen LogP contribution in [0, 0.1) is 5.41 Å². The number of methoxy groups -OCH3 is 2. The highest BCUT2D eigenvalue weighted by Gasteiger charge is 2.57. The van der Waals surface area contributed by atoms with E-state index in [1.165, 1.54) is 11.9 Å². The number of hydrogen-bond acceptors (Lipinski definition) is 8. The standard InChI is InChI=1S/C26H30N2O8/c1-25(2)21(30)28(24(33)27(25)3)14-26(22(31)34-4,23(32)35-5)13-18(29)15-10-11-17-16-8-6-7-9-19(16)36-20(17)12-15/h10-12H,6-9,13-14H2,1-5H3. The quantitative estimate of drug-likeness (QED) is 0.247. The number of carbonyl (C=O) groups is 5. The first kappa shape index (κ1) is 25.4. The lowest BCUT2D eigenvalue weighted by Crippen LogP contribution is -2.53. The van der Waals surface area contributed by atoms with Crippen molar-refractivity contribution < 1.29 is 37.9 Å². The minimum Gasteiger partial charge on any atom is -0.468 e. The van der Waals surface area contributed by atoms with Gasteiger partial charge in [-0.3, -0.25) is 24.1 Å². The Morgan fingerprint density at radius 2 is 1.69 bits per heavy atom. The van der Waals surface area contributed by atoms with Crippen molar-refractivity contribution >= 4 is 40.6 Å². The number of ether oxygens (including phenoxy) is 2. The number of fused-ring (bicyclic) bond motifs is 3. The van der Waals surface area contributed by atoms with E-state index in [9.17, 15) is 24.0 Å². The number of ketones is 1. The van der Waals surface area contributed by atoms with Crippen LogP contribution in [0.1, 0.15) is 54.8 Å². The molecule has 10 heteroatoms. The van der Waals surface area contributed by atoms with Gasteiger partial charge in [0.1, 0.15) is 16.9 Å². The molecule has 1 aliphatic carbocycles. The molecule has 1 aromatic heterocycles. The summed E-state index contributed by atoms with van der Waals surface area (Å²) in [5, 5.41) is 0.937. The minimum atomic E-state index is -2.25. The van der Waals surface area contributed by atoms with Crippen LogP contribution in [0.5, 0.6) is 0 Å². The van der Waals surface area contributed by atoms with Crippen LogP contribution >= 0.6 is 0 Å². The molecule has 1 aliphatic heterocycles. The van der Waals surface area contributed by atoms with Gasteiger partial charge in [0.05, 0.1) is 20.8 Å². The van der Waals surface area contributed by atoms with Crippen LogP contribution in [0.15, 0.2) is 22.6 Å². The Bertz CT molecular complexity index is 1260. The lowest BCUT2D eigenvalue weighted by molar-refractivity contribution is -0.170. The molecule has 0 atom stereocenters. The Balaban J connectivity index is 1.72. The third kappa shape index (κ3) is 3.84. The fourth-order valence-corrected chi connectivity index (χ4v) is 5.01. The molecule has 1 saturated heterocycles. The number of Topliss-reactive ketones (excluding diaryl/α,β-unsaturated/α-hetero) is 1. The summed E-state index contributed by atoms with van der Waals surface area (Å²) in [6, 6.07) is 4.33. The Morgan fingerprint density at radius 3 is 2.28 bits per heavy atom. The Labute approximate surface area is 208 Å². The van der Waals surface area contributed by atoms with Crippen LogP contribution in [-0.2, 0) is 36.7 Å². The molecule has 4 rings (SSSR count). The van der Waals surface area contributed by atoms with Gasteiger partial charge >= 0.3 is 18.0 Å². The van der Waals surface area contributed by atoms with Crippen molar-refractivity contribution in [3.63, 3.8) is 0 Å². The number of likely N-dealkylation sites (N-methyl/N-ethyl adjacent to an activating group) is 1. The molecular formula is C26H30N2O8. The highest BCUT2D eigenvalue weighted by molar-refractivity contribution is 6.11. The molecule has 0 spiro atoms. The van der Waals surface area contributed by atoms with E-state index in [0.717, 1.165) is 61.5 Å². The third-order valence-corrected chi connectivity index (χ3v) is 7.45. The predicted molar refractivity (Wildman–Crippen MR) is 127 cm³/mol. The summed E-state index contributed by atoms with van der Waals surface area (Å²) in [7, 11) is 3.57. The molecule has 2 aliphatic rings. The maximum absolute atomic E-state index is 13.5. The van der Waals surface area contributed by atoms with Crippen molar-refractivity contribution in [2.45, 2.75) is 51.5 Å².